The van der Waals surface area contributed by atoms with Gasteiger partial charge < -0.3 is 14.7 Å². The second-order valence-electron chi connectivity index (χ2n) is 7.05. The Morgan fingerprint density at radius 3 is 2.44 bits per heavy atom. The van der Waals surface area contributed by atoms with E-state index in [0.717, 1.165) is 18.8 Å². The molecule has 1 saturated heterocycles. The molecule has 1 amide bonds. The molecule has 3 rings (SSSR count). The lowest BCUT2D eigenvalue weighted by molar-refractivity contribution is -0.121. The Balaban J connectivity index is 1.81. The summed E-state index contributed by atoms with van der Waals surface area (Å²) >= 11 is 1.24. The van der Waals surface area contributed by atoms with E-state index in [2.05, 4.69) is 23.7 Å². The molecule has 0 atom stereocenters. The van der Waals surface area contributed by atoms with Crippen molar-refractivity contribution in [2.75, 3.05) is 31.6 Å². The van der Waals surface area contributed by atoms with Crippen LogP contribution in [-0.2, 0) is 9.53 Å². The first-order valence-electron chi connectivity index (χ1n) is 10.5. The second kappa shape index (κ2) is 10.4. The van der Waals surface area contributed by atoms with E-state index in [1.54, 1.807) is 50.4 Å². The predicted octanol–water partition coefficient (Wildman–Crippen LogP) is 4.65. The Labute approximate surface area is 192 Å². The van der Waals surface area contributed by atoms with Gasteiger partial charge in [0.1, 0.15) is 5.75 Å². The number of thioether (sulfide) groups is 1. The van der Waals surface area contributed by atoms with Gasteiger partial charge in [0.2, 0.25) is 0 Å². The van der Waals surface area contributed by atoms with E-state index >= 15 is 0 Å². The van der Waals surface area contributed by atoms with E-state index in [9.17, 15) is 14.7 Å². The molecule has 0 spiro atoms. The van der Waals surface area contributed by atoms with Crippen LogP contribution in [0.4, 0.5) is 11.4 Å². The van der Waals surface area contributed by atoms with E-state index in [0.29, 0.717) is 33.5 Å². The molecular weight excluding hydrogens is 426 g/mol. The van der Waals surface area contributed by atoms with E-state index in [-0.39, 0.29) is 17.6 Å². The highest BCUT2D eigenvalue weighted by molar-refractivity contribution is 8.18. The first-order valence-corrected chi connectivity index (χ1v) is 11.3. The molecule has 2 aromatic rings. The van der Waals surface area contributed by atoms with Crippen molar-refractivity contribution in [3.63, 3.8) is 0 Å². The van der Waals surface area contributed by atoms with Gasteiger partial charge in [0, 0.05) is 37.5 Å². The third kappa shape index (κ3) is 5.13. The lowest BCUT2D eigenvalue weighted by Gasteiger charge is -2.21. The van der Waals surface area contributed by atoms with Crippen molar-refractivity contribution in [3.05, 3.63) is 58.5 Å². The van der Waals surface area contributed by atoms with Gasteiger partial charge in [0.05, 0.1) is 22.8 Å². The van der Waals surface area contributed by atoms with Gasteiger partial charge in [-0.25, -0.2) is 9.79 Å². The summed E-state index contributed by atoms with van der Waals surface area (Å²) in [5.41, 5.74) is 2.58. The van der Waals surface area contributed by atoms with Gasteiger partial charge in [-0.1, -0.05) is 0 Å². The Bertz CT molecular complexity index is 1060. The first kappa shape index (κ1) is 23.4. The number of nitrogens with zero attached hydrogens (tertiary/aromatic N) is 3. The van der Waals surface area contributed by atoms with Gasteiger partial charge in [0.25, 0.3) is 5.91 Å². The zero-order valence-electron chi connectivity index (χ0n) is 18.7. The minimum Gasteiger partial charge on any atom is -0.507 e. The second-order valence-corrected chi connectivity index (χ2v) is 8.06. The largest absolute Gasteiger partial charge is 0.507 e. The fraction of sp³-hybridized carbons (Fsp3) is 0.292. The number of amidine groups is 1. The highest BCUT2D eigenvalue weighted by atomic mass is 32.2. The monoisotopic (exact) mass is 453 g/mol. The molecule has 0 aliphatic carbocycles. The summed E-state index contributed by atoms with van der Waals surface area (Å²) in [6, 6.07) is 12.2. The summed E-state index contributed by atoms with van der Waals surface area (Å²) in [7, 11) is 1.66. The maximum Gasteiger partial charge on any atom is 0.338 e. The van der Waals surface area contributed by atoms with E-state index in [4.69, 9.17) is 4.74 Å². The highest BCUT2D eigenvalue weighted by Crippen LogP contribution is 2.35. The van der Waals surface area contributed by atoms with E-state index in [1.165, 1.54) is 16.7 Å². The fourth-order valence-electron chi connectivity index (χ4n) is 3.23. The maximum absolute atomic E-state index is 12.7. The zero-order chi connectivity index (χ0) is 23.3. The summed E-state index contributed by atoms with van der Waals surface area (Å²) in [4.78, 5) is 33.1. The number of aromatic hydroxyl groups is 1. The smallest absolute Gasteiger partial charge is 0.338 e. The molecule has 1 heterocycles. The average Bonchev–Trinajstić information content (AvgIpc) is 3.04. The molecule has 0 radical (unpaired) electrons. The van der Waals surface area contributed by atoms with Gasteiger partial charge in [-0.3, -0.25) is 9.69 Å². The number of amides is 1. The van der Waals surface area contributed by atoms with Crippen molar-refractivity contribution in [1.82, 2.24) is 4.90 Å². The molecule has 2 aromatic carbocycles. The molecule has 1 aliphatic rings. The van der Waals surface area contributed by atoms with Crippen LogP contribution in [0.25, 0.3) is 6.08 Å². The number of phenolic OH excluding ortho intramolecular Hbond substituents is 1. The van der Waals surface area contributed by atoms with Crippen molar-refractivity contribution in [3.8, 4) is 5.75 Å². The van der Waals surface area contributed by atoms with Crippen molar-refractivity contribution < 1.29 is 19.4 Å². The molecule has 32 heavy (non-hydrogen) atoms. The number of ether oxygens (including phenoxy) is 1. The standard InChI is InChI=1S/C24H27N3O4S/c1-5-27(6-2)19-13-10-17(20(28)15-19)14-21-22(29)26(4)24(32-21)25-18-11-8-16(9-12-18)23(30)31-7-3/h8-15,28H,5-7H2,1-4H3/b21-14-,25-24?. The lowest BCUT2D eigenvalue weighted by Crippen LogP contribution is -2.23. The predicted molar refractivity (Wildman–Crippen MR) is 129 cm³/mol. The number of hydrogen-bond donors (Lipinski definition) is 1. The molecule has 7 nitrogen and oxygen atoms in total. The average molecular weight is 454 g/mol. The van der Waals surface area contributed by atoms with Crippen LogP contribution in [0.1, 0.15) is 36.7 Å². The van der Waals surface area contributed by atoms with Crippen LogP contribution in [0, 0.1) is 0 Å². The molecule has 0 unspecified atom stereocenters. The van der Waals surface area contributed by atoms with Crippen molar-refractivity contribution in [2.45, 2.75) is 20.8 Å². The number of esters is 1. The Hall–Kier alpha value is -3.26. The third-order valence-corrected chi connectivity index (χ3v) is 6.10. The van der Waals surface area contributed by atoms with Crippen LogP contribution in [0.3, 0.4) is 0 Å². The molecule has 1 fully saturated rings. The van der Waals surface area contributed by atoms with Crippen LogP contribution in [0.5, 0.6) is 5.75 Å². The normalized spacial score (nSPS) is 16.1. The summed E-state index contributed by atoms with van der Waals surface area (Å²) in [5.74, 6) is -0.451. The van der Waals surface area contributed by atoms with Crippen LogP contribution in [-0.4, -0.2) is 53.8 Å². The number of benzene rings is 2. The molecular formula is C24H27N3O4S. The molecule has 0 saturated carbocycles. The van der Waals surface area contributed by atoms with Gasteiger partial charge in [-0.15, -0.1) is 0 Å². The molecule has 0 aromatic heterocycles. The van der Waals surface area contributed by atoms with Gasteiger partial charge >= 0.3 is 5.97 Å². The lowest BCUT2D eigenvalue weighted by atomic mass is 10.1. The number of likely N-dealkylation sites (N-methyl/N-ethyl adjacent to an activating group) is 1. The molecule has 1 aliphatic heterocycles. The Morgan fingerprint density at radius 1 is 1.16 bits per heavy atom. The summed E-state index contributed by atoms with van der Waals surface area (Å²) in [6.07, 6.45) is 1.68. The number of hydrogen-bond acceptors (Lipinski definition) is 7. The number of rotatable bonds is 7. The maximum atomic E-state index is 12.7. The highest BCUT2D eigenvalue weighted by Gasteiger charge is 2.30. The Kier molecular flexibility index (Phi) is 7.58. The topological polar surface area (TPSA) is 82.4 Å². The van der Waals surface area contributed by atoms with Crippen LogP contribution >= 0.6 is 11.8 Å². The zero-order valence-corrected chi connectivity index (χ0v) is 19.5. The Morgan fingerprint density at radius 2 is 1.84 bits per heavy atom. The van der Waals surface area contributed by atoms with Gasteiger partial charge in [0.15, 0.2) is 5.17 Å². The van der Waals surface area contributed by atoms with Crippen molar-refractivity contribution in [2.24, 2.45) is 4.99 Å². The van der Waals surface area contributed by atoms with Crippen LogP contribution in [0.2, 0.25) is 0 Å². The third-order valence-electron chi connectivity index (χ3n) is 5.04. The van der Waals surface area contributed by atoms with Gasteiger partial charge in [-0.05, 0) is 75.0 Å². The summed E-state index contributed by atoms with van der Waals surface area (Å²) in [5, 5.41) is 11.0. The number of aliphatic imine (C=N–C) groups is 1. The fourth-order valence-corrected chi connectivity index (χ4v) is 4.21. The van der Waals surface area contributed by atoms with Crippen molar-refractivity contribution >= 4 is 46.3 Å². The van der Waals surface area contributed by atoms with Crippen molar-refractivity contribution in [1.29, 1.82) is 0 Å². The SMILES string of the molecule is CCOC(=O)c1ccc(N=C2S/C(=C\c3ccc(N(CC)CC)cc3O)C(=O)N2C)cc1. The molecule has 8 heteroatoms. The summed E-state index contributed by atoms with van der Waals surface area (Å²) in [6.45, 7) is 7.88. The number of carbonyl (C=O) groups is 2. The van der Waals surface area contributed by atoms with E-state index < -0.39 is 0 Å². The quantitative estimate of drug-likeness (QED) is 0.485. The number of carbonyl (C=O) groups excluding carboxylic acids is 2. The molecule has 0 bridgehead atoms. The minimum atomic E-state index is -0.383. The number of phenols is 1. The van der Waals surface area contributed by atoms with Gasteiger partial charge in [-0.2, -0.15) is 0 Å². The number of anilines is 1. The molecule has 1 N–H and O–H groups in total. The van der Waals surface area contributed by atoms with Crippen LogP contribution < -0.4 is 4.90 Å². The van der Waals surface area contributed by atoms with Crippen LogP contribution in [0.15, 0.2) is 52.4 Å². The first-order chi connectivity index (χ1) is 15.4. The minimum absolute atomic E-state index is 0.123. The van der Waals surface area contributed by atoms with E-state index in [1.807, 2.05) is 12.1 Å². The molecule has 168 valence electrons. The summed E-state index contributed by atoms with van der Waals surface area (Å²) < 4.78 is 4.98.